The molecular weight excluding hydrogens is 470 g/mol. The van der Waals surface area contributed by atoms with Crippen LogP contribution in [0.15, 0.2) is 72.8 Å². The third-order valence-corrected chi connectivity index (χ3v) is 6.09. The minimum atomic E-state index is -3.63. The number of ether oxygens (including phenoxy) is 1. The number of phenolic OH excluding ortho intramolecular Hbond substituents is 1. The Hall–Kier alpha value is -3.60. The number of aliphatic hydroxyl groups excluding tert-OH is 1. The number of anilines is 2. The smallest absolute Gasteiger partial charge is 0.249 e. The Labute approximate surface area is 204 Å². The van der Waals surface area contributed by atoms with Crippen LogP contribution in [0.5, 0.6) is 11.5 Å². The lowest BCUT2D eigenvalue weighted by Crippen LogP contribution is -2.50. The van der Waals surface area contributed by atoms with Crippen molar-refractivity contribution in [3.63, 3.8) is 0 Å². The zero-order chi connectivity index (χ0) is 25.6. The molecule has 0 saturated carbocycles. The lowest BCUT2D eigenvalue weighted by molar-refractivity contribution is -0.122. The Morgan fingerprint density at radius 3 is 2.31 bits per heavy atom. The predicted octanol–water partition coefficient (Wildman–Crippen LogP) is 2.95. The van der Waals surface area contributed by atoms with E-state index >= 15 is 0 Å². The average Bonchev–Trinajstić information content (AvgIpc) is 2.83. The number of carbonyl (C=O) groups excluding carboxylic acids is 1. The van der Waals surface area contributed by atoms with E-state index in [1.165, 1.54) is 18.2 Å². The molecule has 1 amide bonds. The third kappa shape index (κ3) is 6.72. The quantitative estimate of drug-likeness (QED) is 0.271. The number of hydrogen-bond donors (Lipinski definition) is 5. The van der Waals surface area contributed by atoms with Gasteiger partial charge in [0.15, 0.2) is 0 Å². The van der Waals surface area contributed by atoms with E-state index in [1.807, 2.05) is 18.2 Å². The number of aromatic hydroxyl groups is 1. The molecule has 0 aromatic heterocycles. The zero-order valence-corrected chi connectivity index (χ0v) is 20.5. The molecule has 0 unspecified atom stereocenters. The van der Waals surface area contributed by atoms with Crippen molar-refractivity contribution in [2.75, 3.05) is 29.9 Å². The van der Waals surface area contributed by atoms with Crippen LogP contribution in [0.3, 0.4) is 0 Å². The summed E-state index contributed by atoms with van der Waals surface area (Å²) in [6.07, 6.45) is -0.152. The first kappa shape index (κ1) is 26.0. The van der Waals surface area contributed by atoms with Crippen molar-refractivity contribution < 1.29 is 28.2 Å². The van der Waals surface area contributed by atoms with Gasteiger partial charge in [0.2, 0.25) is 15.9 Å². The molecule has 0 fully saturated rings. The maximum Gasteiger partial charge on any atom is 0.249 e. The number of para-hydroxylation sites is 1. The van der Waals surface area contributed by atoms with Crippen LogP contribution in [0.4, 0.5) is 11.4 Å². The van der Waals surface area contributed by atoms with Crippen LogP contribution in [0.1, 0.15) is 24.2 Å². The van der Waals surface area contributed by atoms with Crippen LogP contribution in [0.2, 0.25) is 0 Å². The van der Waals surface area contributed by atoms with E-state index in [4.69, 9.17) is 4.74 Å². The highest BCUT2D eigenvalue weighted by Crippen LogP contribution is 2.29. The molecular formula is C25H29N3O6S. The van der Waals surface area contributed by atoms with Gasteiger partial charge in [0.25, 0.3) is 0 Å². The van der Waals surface area contributed by atoms with Gasteiger partial charge in [-0.15, -0.1) is 0 Å². The number of sulfonamides is 1. The Morgan fingerprint density at radius 2 is 1.71 bits per heavy atom. The number of phenols is 1. The molecule has 186 valence electrons. The highest BCUT2D eigenvalue weighted by atomic mass is 32.2. The van der Waals surface area contributed by atoms with Crippen molar-refractivity contribution in [3.05, 3.63) is 83.9 Å². The number of rotatable bonds is 10. The van der Waals surface area contributed by atoms with E-state index in [9.17, 15) is 23.4 Å². The second-order valence-electron chi connectivity index (χ2n) is 8.22. The number of hydrogen-bond acceptors (Lipinski definition) is 7. The molecule has 0 spiro atoms. The molecule has 9 nitrogen and oxygen atoms in total. The van der Waals surface area contributed by atoms with E-state index in [1.54, 1.807) is 50.4 Å². The van der Waals surface area contributed by atoms with Gasteiger partial charge in [0.05, 0.1) is 25.2 Å². The van der Waals surface area contributed by atoms with Crippen LogP contribution in [0.25, 0.3) is 0 Å². The van der Waals surface area contributed by atoms with Gasteiger partial charge in [-0.2, -0.15) is 0 Å². The Bertz CT molecular complexity index is 1270. The van der Waals surface area contributed by atoms with Gasteiger partial charge >= 0.3 is 0 Å². The highest BCUT2D eigenvalue weighted by Gasteiger charge is 2.35. The number of aliphatic hydroxyl groups is 1. The monoisotopic (exact) mass is 499 g/mol. The molecule has 35 heavy (non-hydrogen) atoms. The summed E-state index contributed by atoms with van der Waals surface area (Å²) in [6, 6.07) is 20.1. The van der Waals surface area contributed by atoms with Crippen LogP contribution < -0.4 is 20.1 Å². The van der Waals surface area contributed by atoms with Gasteiger partial charge in [0, 0.05) is 12.2 Å². The van der Waals surface area contributed by atoms with Crippen LogP contribution in [0, 0.1) is 0 Å². The molecule has 5 N–H and O–H groups in total. The molecule has 10 heteroatoms. The molecule has 3 aromatic rings. The lowest BCUT2D eigenvalue weighted by Gasteiger charge is -2.31. The summed E-state index contributed by atoms with van der Waals surface area (Å²) in [4.78, 5) is 13.4. The molecule has 0 saturated heterocycles. The summed E-state index contributed by atoms with van der Waals surface area (Å²) >= 11 is 0. The minimum absolute atomic E-state index is 0.0478. The molecule has 3 aromatic carbocycles. The normalized spacial score (nSPS) is 13.9. The minimum Gasteiger partial charge on any atom is -0.506 e. The average molecular weight is 500 g/mol. The van der Waals surface area contributed by atoms with Gasteiger partial charge < -0.3 is 20.3 Å². The molecule has 2 atom stereocenters. The van der Waals surface area contributed by atoms with E-state index in [2.05, 4.69) is 15.4 Å². The van der Waals surface area contributed by atoms with Crippen molar-refractivity contribution in [1.82, 2.24) is 5.32 Å². The van der Waals surface area contributed by atoms with Crippen molar-refractivity contribution in [2.45, 2.75) is 18.6 Å². The van der Waals surface area contributed by atoms with Crippen molar-refractivity contribution in [2.24, 2.45) is 0 Å². The summed E-state index contributed by atoms with van der Waals surface area (Å²) in [5.74, 6) is 0.0189. The van der Waals surface area contributed by atoms with Gasteiger partial charge in [-0.25, -0.2) is 8.42 Å². The molecule has 0 radical (unpaired) electrons. The van der Waals surface area contributed by atoms with E-state index in [0.29, 0.717) is 22.6 Å². The summed E-state index contributed by atoms with van der Waals surface area (Å²) < 4.78 is 30.6. The standard InChI is InChI=1S/C25H29N3O6S/c1-25(18-10-12-20(34-2)13-11-18,24(31)27-19-7-5-4-6-8-19)26-16-23(30)17-9-14-22(29)21(15-17)28-35(3,32)33/h4-15,23,26,28-30H,16H2,1-3H3,(H,27,31)/t23-,25-/m0/s1. The zero-order valence-electron chi connectivity index (χ0n) is 19.6. The molecule has 3 rings (SSSR count). The summed E-state index contributed by atoms with van der Waals surface area (Å²) in [7, 11) is -2.08. The molecule has 0 bridgehead atoms. The molecule has 0 aliphatic heterocycles. The van der Waals surface area contributed by atoms with E-state index < -0.39 is 21.7 Å². The van der Waals surface area contributed by atoms with Crippen molar-refractivity contribution >= 4 is 27.3 Å². The SMILES string of the molecule is COc1ccc([C@](C)(NC[C@H](O)c2ccc(O)c(NS(C)(=O)=O)c2)C(=O)Nc2ccccc2)cc1. The van der Waals surface area contributed by atoms with Crippen molar-refractivity contribution in [1.29, 1.82) is 0 Å². The maximum absolute atomic E-state index is 13.4. The molecule has 0 aliphatic rings. The van der Waals surface area contributed by atoms with Gasteiger partial charge in [0.1, 0.15) is 17.0 Å². The number of nitrogens with one attached hydrogen (secondary N) is 3. The third-order valence-electron chi connectivity index (χ3n) is 5.50. The number of amides is 1. The van der Waals surface area contributed by atoms with Crippen molar-refractivity contribution in [3.8, 4) is 11.5 Å². The fourth-order valence-electron chi connectivity index (χ4n) is 3.48. The topological polar surface area (TPSA) is 137 Å². The fraction of sp³-hybridized carbons (Fsp3) is 0.240. The van der Waals surface area contributed by atoms with Gasteiger partial charge in [-0.1, -0.05) is 36.4 Å². The van der Waals surface area contributed by atoms with E-state index in [0.717, 1.165) is 6.26 Å². The number of methoxy groups -OCH3 is 1. The number of benzene rings is 3. The first-order valence-corrected chi connectivity index (χ1v) is 12.7. The Kier molecular flexibility index (Phi) is 8.00. The highest BCUT2D eigenvalue weighted by molar-refractivity contribution is 7.92. The summed E-state index contributed by atoms with van der Waals surface area (Å²) in [6.45, 7) is 1.65. The second kappa shape index (κ2) is 10.8. The van der Waals surface area contributed by atoms with Crippen LogP contribution >= 0.6 is 0 Å². The summed E-state index contributed by atoms with van der Waals surface area (Å²) in [5, 5.41) is 26.8. The first-order valence-electron chi connectivity index (χ1n) is 10.8. The Morgan fingerprint density at radius 1 is 1.06 bits per heavy atom. The van der Waals surface area contributed by atoms with E-state index in [-0.39, 0.29) is 23.9 Å². The lowest BCUT2D eigenvalue weighted by atomic mass is 9.90. The van der Waals surface area contributed by atoms with Gasteiger partial charge in [-0.05, 0) is 54.4 Å². The fourth-order valence-corrected chi connectivity index (χ4v) is 4.04. The van der Waals surface area contributed by atoms with Gasteiger partial charge in [-0.3, -0.25) is 14.8 Å². The Balaban J connectivity index is 1.86. The maximum atomic E-state index is 13.4. The van der Waals surface area contributed by atoms with Crippen LogP contribution in [-0.2, 0) is 20.4 Å². The molecule has 0 aliphatic carbocycles. The second-order valence-corrected chi connectivity index (χ2v) is 9.97. The first-order chi connectivity index (χ1) is 16.5. The number of carbonyl (C=O) groups is 1. The molecule has 0 heterocycles. The van der Waals surface area contributed by atoms with Crippen LogP contribution in [-0.4, -0.2) is 44.4 Å². The largest absolute Gasteiger partial charge is 0.506 e. The predicted molar refractivity (Wildman–Crippen MR) is 135 cm³/mol. The summed E-state index contributed by atoms with van der Waals surface area (Å²) in [5.41, 5.74) is 0.317.